The normalized spacial score (nSPS) is 14.8. The minimum atomic E-state index is -0.405. The molecule has 0 unspecified atom stereocenters. The van der Waals surface area contributed by atoms with Gasteiger partial charge in [-0.3, -0.25) is 9.36 Å². The maximum absolute atomic E-state index is 13.2. The molecule has 1 aliphatic rings. The van der Waals surface area contributed by atoms with Crippen molar-refractivity contribution in [1.29, 1.82) is 0 Å². The Bertz CT molecular complexity index is 716. The molecule has 128 valence electrons. The molecule has 6 nitrogen and oxygen atoms in total. The SMILES string of the molecule is CCn1c(SCC(=O)c2cccc(F)c2)nnc1N1CCOCC1. The fourth-order valence-electron chi connectivity index (χ4n) is 2.54. The highest BCUT2D eigenvalue weighted by molar-refractivity contribution is 7.99. The lowest BCUT2D eigenvalue weighted by Crippen LogP contribution is -2.38. The lowest BCUT2D eigenvalue weighted by atomic mass is 10.1. The van der Waals surface area contributed by atoms with Gasteiger partial charge in [0, 0.05) is 25.2 Å². The summed E-state index contributed by atoms with van der Waals surface area (Å²) < 4.78 is 20.6. The van der Waals surface area contributed by atoms with Gasteiger partial charge < -0.3 is 9.64 Å². The molecule has 0 spiro atoms. The van der Waals surface area contributed by atoms with Gasteiger partial charge in [-0.1, -0.05) is 23.9 Å². The molecule has 0 bridgehead atoms. The van der Waals surface area contributed by atoms with Crippen LogP contribution in [0, 0.1) is 5.82 Å². The first-order chi connectivity index (χ1) is 11.7. The molecule has 2 aromatic rings. The molecule has 0 N–H and O–H groups in total. The van der Waals surface area contributed by atoms with Crippen LogP contribution in [0.25, 0.3) is 0 Å². The number of morpholine rings is 1. The van der Waals surface area contributed by atoms with Crippen molar-refractivity contribution in [3.8, 4) is 0 Å². The lowest BCUT2D eigenvalue weighted by Gasteiger charge is -2.27. The van der Waals surface area contributed by atoms with E-state index in [-0.39, 0.29) is 11.5 Å². The summed E-state index contributed by atoms with van der Waals surface area (Å²) >= 11 is 1.32. The summed E-state index contributed by atoms with van der Waals surface area (Å²) in [6, 6.07) is 5.74. The molecule has 0 radical (unpaired) electrons. The van der Waals surface area contributed by atoms with Crippen molar-refractivity contribution < 1.29 is 13.9 Å². The molecule has 8 heteroatoms. The molecule has 1 aromatic carbocycles. The van der Waals surface area contributed by atoms with E-state index < -0.39 is 5.82 Å². The fraction of sp³-hybridized carbons (Fsp3) is 0.438. The molecule has 1 aromatic heterocycles. The zero-order chi connectivity index (χ0) is 16.9. The van der Waals surface area contributed by atoms with Gasteiger partial charge in [0.15, 0.2) is 10.9 Å². The third-order valence-electron chi connectivity index (χ3n) is 3.79. The first-order valence-corrected chi connectivity index (χ1v) is 8.85. The topological polar surface area (TPSA) is 60.2 Å². The van der Waals surface area contributed by atoms with E-state index in [4.69, 9.17) is 4.74 Å². The number of ether oxygens (including phenoxy) is 1. The summed E-state index contributed by atoms with van der Waals surface area (Å²) in [6.45, 7) is 5.66. The van der Waals surface area contributed by atoms with Crippen LogP contribution in [0.5, 0.6) is 0 Å². The highest BCUT2D eigenvalue weighted by atomic mass is 32.2. The third kappa shape index (κ3) is 3.76. The Morgan fingerprint density at radius 1 is 1.33 bits per heavy atom. The number of carbonyl (C=O) groups is 1. The number of aromatic nitrogens is 3. The number of ketones is 1. The maximum atomic E-state index is 13.2. The molecule has 24 heavy (non-hydrogen) atoms. The minimum Gasteiger partial charge on any atom is -0.378 e. The number of Topliss-reactive ketones (excluding diaryl/α,β-unsaturated/α-hetero) is 1. The van der Waals surface area contributed by atoms with Crippen molar-refractivity contribution in [2.75, 3.05) is 37.0 Å². The van der Waals surface area contributed by atoms with E-state index in [1.165, 1.54) is 30.0 Å². The van der Waals surface area contributed by atoms with Crippen LogP contribution in [0.2, 0.25) is 0 Å². The van der Waals surface area contributed by atoms with E-state index in [1.807, 2.05) is 11.5 Å². The van der Waals surface area contributed by atoms with Gasteiger partial charge in [0.05, 0.1) is 19.0 Å². The number of benzene rings is 1. The average Bonchev–Trinajstić information content (AvgIpc) is 3.03. The summed E-state index contributed by atoms with van der Waals surface area (Å²) in [5.41, 5.74) is 0.374. The summed E-state index contributed by atoms with van der Waals surface area (Å²) in [4.78, 5) is 14.3. The van der Waals surface area contributed by atoms with Gasteiger partial charge in [-0.25, -0.2) is 4.39 Å². The predicted octanol–water partition coefficient (Wildman–Crippen LogP) is 2.25. The zero-order valence-electron chi connectivity index (χ0n) is 13.4. The first kappa shape index (κ1) is 16.9. The summed E-state index contributed by atoms with van der Waals surface area (Å²) in [6.07, 6.45) is 0. The molecule has 0 saturated carbocycles. The van der Waals surface area contributed by atoms with Gasteiger partial charge in [-0.15, -0.1) is 10.2 Å². The van der Waals surface area contributed by atoms with Crippen molar-refractivity contribution in [3.05, 3.63) is 35.6 Å². The minimum absolute atomic E-state index is 0.127. The quantitative estimate of drug-likeness (QED) is 0.588. The zero-order valence-corrected chi connectivity index (χ0v) is 14.3. The number of nitrogens with zero attached hydrogens (tertiary/aromatic N) is 4. The highest BCUT2D eigenvalue weighted by Crippen LogP contribution is 2.23. The van der Waals surface area contributed by atoms with Crippen LogP contribution >= 0.6 is 11.8 Å². The van der Waals surface area contributed by atoms with Gasteiger partial charge in [0.25, 0.3) is 0 Å². The van der Waals surface area contributed by atoms with E-state index >= 15 is 0 Å². The first-order valence-electron chi connectivity index (χ1n) is 7.86. The number of halogens is 1. The number of carbonyl (C=O) groups excluding carboxylic acids is 1. The standard InChI is InChI=1S/C16H19FN4O2S/c1-2-21-15(20-6-8-23-9-7-20)18-19-16(21)24-11-14(22)12-4-3-5-13(17)10-12/h3-5,10H,2,6-9,11H2,1H3. The van der Waals surface area contributed by atoms with Crippen molar-refractivity contribution in [2.45, 2.75) is 18.6 Å². The van der Waals surface area contributed by atoms with Gasteiger partial charge in [-0.05, 0) is 19.1 Å². The maximum Gasteiger partial charge on any atom is 0.228 e. The number of thioether (sulfide) groups is 1. The highest BCUT2D eigenvalue weighted by Gasteiger charge is 2.20. The van der Waals surface area contributed by atoms with Crippen molar-refractivity contribution in [3.63, 3.8) is 0 Å². The van der Waals surface area contributed by atoms with E-state index in [0.29, 0.717) is 23.9 Å². The molecular formula is C16H19FN4O2S. The van der Waals surface area contributed by atoms with Crippen LogP contribution < -0.4 is 4.90 Å². The van der Waals surface area contributed by atoms with Crippen molar-refractivity contribution >= 4 is 23.5 Å². The summed E-state index contributed by atoms with van der Waals surface area (Å²) in [5, 5.41) is 9.18. The van der Waals surface area contributed by atoms with Crippen LogP contribution in [0.3, 0.4) is 0 Å². The Labute approximate surface area is 144 Å². The Morgan fingerprint density at radius 2 is 2.12 bits per heavy atom. The number of hydrogen-bond donors (Lipinski definition) is 0. The van der Waals surface area contributed by atoms with Crippen molar-refractivity contribution in [2.24, 2.45) is 0 Å². The number of rotatable bonds is 6. The molecule has 0 amide bonds. The monoisotopic (exact) mass is 350 g/mol. The van der Waals surface area contributed by atoms with E-state index in [0.717, 1.165) is 25.6 Å². The van der Waals surface area contributed by atoms with Crippen LogP contribution in [0.1, 0.15) is 17.3 Å². The number of anilines is 1. The Morgan fingerprint density at radius 3 is 2.83 bits per heavy atom. The van der Waals surface area contributed by atoms with E-state index in [1.54, 1.807) is 6.07 Å². The van der Waals surface area contributed by atoms with Crippen LogP contribution in [-0.4, -0.2) is 52.6 Å². The molecular weight excluding hydrogens is 331 g/mol. The van der Waals surface area contributed by atoms with Gasteiger partial charge in [-0.2, -0.15) is 0 Å². The smallest absolute Gasteiger partial charge is 0.228 e. The van der Waals surface area contributed by atoms with E-state index in [9.17, 15) is 9.18 Å². The molecule has 1 fully saturated rings. The van der Waals surface area contributed by atoms with Gasteiger partial charge in [0.1, 0.15) is 5.82 Å². The predicted molar refractivity (Wildman–Crippen MR) is 90.2 cm³/mol. The molecule has 0 atom stereocenters. The molecule has 0 aliphatic carbocycles. The van der Waals surface area contributed by atoms with Gasteiger partial charge in [0.2, 0.25) is 5.95 Å². The number of hydrogen-bond acceptors (Lipinski definition) is 6. The van der Waals surface area contributed by atoms with Crippen LogP contribution in [0.15, 0.2) is 29.4 Å². The Hall–Kier alpha value is -1.93. The largest absolute Gasteiger partial charge is 0.378 e. The summed E-state index contributed by atoms with van der Waals surface area (Å²) in [5.74, 6) is 0.474. The van der Waals surface area contributed by atoms with E-state index in [2.05, 4.69) is 15.1 Å². The van der Waals surface area contributed by atoms with Crippen molar-refractivity contribution in [1.82, 2.24) is 14.8 Å². The third-order valence-corrected chi connectivity index (χ3v) is 4.75. The Kier molecular flexibility index (Phi) is 5.47. The summed E-state index contributed by atoms with van der Waals surface area (Å²) in [7, 11) is 0. The Balaban J connectivity index is 1.69. The fourth-order valence-corrected chi connectivity index (χ4v) is 3.43. The average molecular weight is 350 g/mol. The molecule has 2 heterocycles. The molecule has 3 rings (SSSR count). The molecule has 1 aliphatic heterocycles. The lowest BCUT2D eigenvalue weighted by molar-refractivity contribution is 0.102. The van der Waals surface area contributed by atoms with Crippen LogP contribution in [0.4, 0.5) is 10.3 Å². The van der Waals surface area contributed by atoms with Gasteiger partial charge >= 0.3 is 0 Å². The second-order valence-corrected chi connectivity index (χ2v) is 6.29. The van der Waals surface area contributed by atoms with Crippen LogP contribution in [-0.2, 0) is 11.3 Å². The molecule has 1 saturated heterocycles. The second kappa shape index (κ2) is 7.76. The second-order valence-electron chi connectivity index (χ2n) is 5.35.